The van der Waals surface area contributed by atoms with E-state index in [2.05, 4.69) is 32.1 Å². The Bertz CT molecular complexity index is 2060. The minimum absolute atomic E-state index is 0.0940. The smallest absolute Gasteiger partial charge is 0.433 e. The number of amides is 2. The maximum Gasteiger partial charge on any atom is 0.433 e. The molecule has 4 aliphatic rings. The second kappa shape index (κ2) is 12.7. The quantitative estimate of drug-likeness (QED) is 0.237. The second-order valence-electron chi connectivity index (χ2n) is 15.9. The first kappa shape index (κ1) is 36.1. The molecule has 0 bridgehead atoms. The number of H-pyrrole nitrogens is 2. The number of nitrogens with zero attached hydrogens (tertiary/aromatic N) is 5. The molecule has 15 heteroatoms. The van der Waals surface area contributed by atoms with Gasteiger partial charge in [0.05, 0.1) is 17.9 Å². The van der Waals surface area contributed by atoms with Crippen LogP contribution in [0.25, 0.3) is 16.8 Å². The number of ether oxygens (including phenoxy) is 2. The van der Waals surface area contributed by atoms with Crippen LogP contribution in [0.15, 0.2) is 41.7 Å². The van der Waals surface area contributed by atoms with Crippen LogP contribution in [0.1, 0.15) is 102 Å². The van der Waals surface area contributed by atoms with Crippen LogP contribution in [0.4, 0.5) is 22.8 Å². The Balaban J connectivity index is 1.08. The highest BCUT2D eigenvalue weighted by Gasteiger charge is 2.67. The molecule has 7 rings (SSSR count). The minimum Gasteiger partial charge on any atom is -0.444 e. The molecule has 3 aromatic rings. The van der Waals surface area contributed by atoms with Crippen LogP contribution in [-0.4, -0.2) is 78.1 Å². The van der Waals surface area contributed by atoms with Crippen LogP contribution in [0.2, 0.25) is 0 Å². The molecule has 5 heterocycles. The molecule has 1 aromatic carbocycles. The van der Waals surface area contributed by atoms with Gasteiger partial charge in [-0.2, -0.15) is 13.2 Å². The predicted octanol–water partition coefficient (Wildman–Crippen LogP) is 7.14. The summed E-state index contributed by atoms with van der Waals surface area (Å²) < 4.78 is 54.2. The van der Waals surface area contributed by atoms with E-state index in [1.54, 1.807) is 56.1 Å². The summed E-state index contributed by atoms with van der Waals surface area (Å²) >= 11 is 0. The van der Waals surface area contributed by atoms with Crippen molar-refractivity contribution in [3.05, 3.63) is 65.3 Å². The first-order chi connectivity index (χ1) is 24.8. The number of hydrogen-bond acceptors (Lipinski definition) is 8. The number of halogens is 3. The Morgan fingerprint density at radius 3 is 2.28 bits per heavy atom. The molecule has 53 heavy (non-hydrogen) atoms. The zero-order valence-corrected chi connectivity index (χ0v) is 30.7. The van der Waals surface area contributed by atoms with E-state index in [1.165, 1.54) is 4.90 Å². The Morgan fingerprint density at radius 2 is 1.64 bits per heavy atom. The number of fused-ring (bicyclic) bond motifs is 1. The van der Waals surface area contributed by atoms with Crippen molar-refractivity contribution in [1.82, 2.24) is 35.1 Å². The number of carbonyl (C=O) groups excluding carboxylic acids is 2. The summed E-state index contributed by atoms with van der Waals surface area (Å²) in [4.78, 5) is 48.8. The highest BCUT2D eigenvalue weighted by atomic mass is 19.4. The van der Waals surface area contributed by atoms with Gasteiger partial charge in [0.25, 0.3) is 0 Å². The summed E-state index contributed by atoms with van der Waals surface area (Å²) in [5.74, 6) is 7.25. The molecule has 3 unspecified atom stereocenters. The molecule has 3 aliphatic heterocycles. The van der Waals surface area contributed by atoms with Gasteiger partial charge >= 0.3 is 18.4 Å². The molecule has 3 N–H and O–H groups in total. The number of piperidine rings is 1. The number of aromatic nitrogens is 4. The molecule has 1 saturated heterocycles. The molecule has 0 spiro atoms. The number of nitrogens with one attached hydrogen (secondary N) is 3. The summed E-state index contributed by atoms with van der Waals surface area (Å²) in [7, 11) is 0. The van der Waals surface area contributed by atoms with Gasteiger partial charge in [-0.05, 0) is 67.2 Å². The number of hydrogen-bond donors (Lipinski definition) is 3. The van der Waals surface area contributed by atoms with E-state index in [4.69, 9.17) is 19.5 Å². The second-order valence-corrected chi connectivity index (χ2v) is 15.9. The number of benzene rings is 1. The highest BCUT2D eigenvalue weighted by molar-refractivity contribution is 6.02. The number of aliphatic imine (C=N–C) groups is 1. The SMILES string of the molecule is CC1N=C(c2ccc(-c3nc(C4C#CCCN4C(=O)OC(C)(C)C)[nH]c3C(F)(F)F)cc2)NC=C1c1cnc(C23C[C@@H]2CCN3C(=O)OC(C)(C)C)[nH]1. The summed E-state index contributed by atoms with van der Waals surface area (Å²) in [6.45, 7) is 13.5. The molecular formula is C38H43F3N8O4. The normalized spacial score (nSPS) is 24.0. The molecule has 2 fully saturated rings. The van der Waals surface area contributed by atoms with Gasteiger partial charge in [0.2, 0.25) is 0 Å². The zero-order valence-electron chi connectivity index (χ0n) is 30.7. The topological polar surface area (TPSA) is 141 Å². The third-order valence-corrected chi connectivity index (χ3v) is 9.66. The van der Waals surface area contributed by atoms with Crippen LogP contribution in [-0.2, 0) is 21.2 Å². The van der Waals surface area contributed by atoms with Crippen molar-refractivity contribution in [3.63, 3.8) is 0 Å². The van der Waals surface area contributed by atoms with E-state index in [9.17, 15) is 22.8 Å². The Morgan fingerprint density at radius 1 is 0.962 bits per heavy atom. The highest BCUT2D eigenvalue weighted by Crippen LogP contribution is 2.62. The van der Waals surface area contributed by atoms with Crippen LogP contribution in [0.5, 0.6) is 0 Å². The number of imidazole rings is 2. The number of likely N-dealkylation sites (tertiary alicyclic amines) is 1. The van der Waals surface area contributed by atoms with Crippen LogP contribution in [0, 0.1) is 17.8 Å². The van der Waals surface area contributed by atoms with E-state index in [-0.39, 0.29) is 35.8 Å². The average Bonchev–Trinajstić information content (AvgIpc) is 3.45. The van der Waals surface area contributed by atoms with E-state index in [1.807, 2.05) is 33.9 Å². The Labute approximate surface area is 305 Å². The maximum absolute atomic E-state index is 14.3. The molecule has 1 aliphatic carbocycles. The number of rotatable bonds is 5. The van der Waals surface area contributed by atoms with Gasteiger partial charge in [0.1, 0.15) is 45.6 Å². The summed E-state index contributed by atoms with van der Waals surface area (Å²) in [5.41, 5.74) is -0.693. The van der Waals surface area contributed by atoms with Crippen molar-refractivity contribution < 1.29 is 32.2 Å². The lowest BCUT2D eigenvalue weighted by atomic mass is 10.0. The third-order valence-electron chi connectivity index (χ3n) is 9.66. The lowest BCUT2D eigenvalue weighted by Gasteiger charge is -2.31. The van der Waals surface area contributed by atoms with Crippen molar-refractivity contribution in [3.8, 4) is 23.1 Å². The maximum atomic E-state index is 14.3. The van der Waals surface area contributed by atoms with Crippen molar-refractivity contribution in [2.75, 3.05) is 13.1 Å². The first-order valence-electron chi connectivity index (χ1n) is 17.7. The number of aromatic amines is 2. The van der Waals surface area contributed by atoms with Crippen LogP contribution >= 0.6 is 0 Å². The molecule has 2 aromatic heterocycles. The van der Waals surface area contributed by atoms with Crippen molar-refractivity contribution in [2.24, 2.45) is 10.9 Å². The fraction of sp³-hybridized carbons (Fsp3) is 0.500. The molecule has 1 saturated carbocycles. The molecular weight excluding hydrogens is 689 g/mol. The third kappa shape index (κ3) is 6.98. The molecule has 2 amide bonds. The van der Waals surface area contributed by atoms with E-state index in [0.29, 0.717) is 30.3 Å². The lowest BCUT2D eigenvalue weighted by molar-refractivity contribution is -0.140. The molecule has 280 valence electrons. The van der Waals surface area contributed by atoms with Gasteiger partial charge in [0.15, 0.2) is 6.04 Å². The van der Waals surface area contributed by atoms with E-state index in [0.717, 1.165) is 29.9 Å². The van der Waals surface area contributed by atoms with Crippen molar-refractivity contribution in [2.45, 2.75) is 103 Å². The number of amidine groups is 1. The summed E-state index contributed by atoms with van der Waals surface area (Å²) in [6, 6.07) is 5.16. The van der Waals surface area contributed by atoms with Gasteiger partial charge < -0.3 is 24.8 Å². The van der Waals surface area contributed by atoms with Crippen molar-refractivity contribution >= 4 is 23.6 Å². The predicted molar refractivity (Wildman–Crippen MR) is 190 cm³/mol. The monoisotopic (exact) mass is 732 g/mol. The van der Waals surface area contributed by atoms with E-state index < -0.39 is 40.7 Å². The van der Waals surface area contributed by atoms with Gasteiger partial charge in [-0.15, -0.1) is 0 Å². The van der Waals surface area contributed by atoms with Gasteiger partial charge in [-0.3, -0.25) is 14.8 Å². The fourth-order valence-electron chi connectivity index (χ4n) is 7.18. The summed E-state index contributed by atoms with van der Waals surface area (Å²) in [6.07, 6.45) is -0.0893. The van der Waals surface area contributed by atoms with Gasteiger partial charge in [0, 0.05) is 42.4 Å². The summed E-state index contributed by atoms with van der Waals surface area (Å²) in [5, 5.41) is 3.23. The average molecular weight is 733 g/mol. The van der Waals surface area contributed by atoms with Gasteiger partial charge in [-0.25, -0.2) is 19.6 Å². The fourth-order valence-corrected chi connectivity index (χ4v) is 7.18. The van der Waals surface area contributed by atoms with Crippen LogP contribution in [0.3, 0.4) is 0 Å². The lowest BCUT2D eigenvalue weighted by Crippen LogP contribution is -2.42. The van der Waals surface area contributed by atoms with Crippen molar-refractivity contribution in [1.29, 1.82) is 0 Å². The minimum atomic E-state index is -4.75. The molecule has 0 radical (unpaired) electrons. The molecule has 12 nitrogen and oxygen atoms in total. The first-order valence-corrected chi connectivity index (χ1v) is 17.7. The standard InChI is InChI=1S/C38H43F3N8O4/c1-21-25(26-20-43-32(45-26)37-18-24(37)15-17-49(37)34(51)53-36(5,6)7)19-42-30(44-21)23-13-11-22(12-14-23)28-29(38(39,40)41)47-31(46-28)27-10-8-9-16-48(27)33(50)52-35(2,3)4/h11-14,19-21,24,27H,9,15-18H2,1-7H3,(H,42,44)(H,43,45)(H,46,47)/t21?,24-,27?,37?/m0/s1. The Hall–Kier alpha value is -5.26. The van der Waals surface area contributed by atoms with Crippen LogP contribution < -0.4 is 5.32 Å². The molecule has 4 atom stereocenters. The number of carbonyl (C=O) groups is 2. The van der Waals surface area contributed by atoms with Gasteiger partial charge in [-0.1, -0.05) is 36.1 Å². The largest absolute Gasteiger partial charge is 0.444 e. The zero-order chi connectivity index (χ0) is 38.1. The Kier molecular flexibility index (Phi) is 8.66. The number of alkyl halides is 3. The van der Waals surface area contributed by atoms with E-state index >= 15 is 0 Å².